The lowest BCUT2D eigenvalue weighted by atomic mass is 10.0. The molecule has 6 nitrogen and oxygen atoms in total. The molecule has 1 aliphatic heterocycles. The van der Waals surface area contributed by atoms with Gasteiger partial charge in [0.1, 0.15) is 0 Å². The van der Waals surface area contributed by atoms with Crippen molar-refractivity contribution in [3.63, 3.8) is 0 Å². The molecule has 1 saturated heterocycles. The van der Waals surface area contributed by atoms with Crippen molar-refractivity contribution in [2.75, 3.05) is 32.4 Å². The molecule has 1 unspecified atom stereocenters. The second-order valence-corrected chi connectivity index (χ2v) is 7.21. The summed E-state index contributed by atoms with van der Waals surface area (Å²) in [5.41, 5.74) is 5.85. The smallest absolute Gasteiger partial charge is 0.239 e. The maximum atomic E-state index is 12.0. The summed E-state index contributed by atoms with van der Waals surface area (Å²) in [6.45, 7) is 5.62. The van der Waals surface area contributed by atoms with Crippen molar-refractivity contribution in [2.45, 2.75) is 26.3 Å². The van der Waals surface area contributed by atoms with E-state index in [9.17, 15) is 13.2 Å². The maximum absolute atomic E-state index is 12.0. The van der Waals surface area contributed by atoms with Crippen LogP contribution in [0.1, 0.15) is 20.3 Å². The maximum Gasteiger partial charge on any atom is 0.239 e. The number of nitrogens with two attached hydrogens (primary N) is 1. The normalized spacial score (nSPS) is 20.2. The molecule has 1 aliphatic rings. The molecule has 0 aromatic rings. The van der Waals surface area contributed by atoms with Crippen molar-refractivity contribution in [1.29, 1.82) is 0 Å². The van der Waals surface area contributed by atoms with E-state index in [1.54, 1.807) is 4.90 Å². The quantitative estimate of drug-likeness (QED) is 0.748. The van der Waals surface area contributed by atoms with Crippen LogP contribution in [0.2, 0.25) is 0 Å². The molecule has 1 rings (SSSR count). The van der Waals surface area contributed by atoms with Crippen LogP contribution in [-0.4, -0.2) is 62.0 Å². The molecule has 7 heteroatoms. The van der Waals surface area contributed by atoms with Crippen molar-refractivity contribution in [2.24, 2.45) is 11.7 Å². The number of amides is 1. The molecule has 0 aromatic carbocycles. The van der Waals surface area contributed by atoms with E-state index in [4.69, 9.17) is 5.73 Å². The summed E-state index contributed by atoms with van der Waals surface area (Å²) < 4.78 is 24.1. The lowest BCUT2D eigenvalue weighted by molar-refractivity contribution is -0.134. The van der Waals surface area contributed by atoms with Gasteiger partial charge in [-0.3, -0.25) is 4.79 Å². The third-order valence-corrected chi connectivity index (χ3v) is 4.37. The Labute approximate surface area is 109 Å². The molecule has 1 heterocycles. The highest BCUT2D eigenvalue weighted by molar-refractivity contribution is 7.88. The van der Waals surface area contributed by atoms with Crippen LogP contribution in [0.25, 0.3) is 0 Å². The molecule has 2 N–H and O–H groups in total. The van der Waals surface area contributed by atoms with Gasteiger partial charge in [0.05, 0.1) is 12.3 Å². The number of piperazine rings is 1. The van der Waals surface area contributed by atoms with Gasteiger partial charge in [-0.05, 0) is 12.3 Å². The van der Waals surface area contributed by atoms with Crippen LogP contribution < -0.4 is 5.73 Å². The molecule has 0 bridgehead atoms. The van der Waals surface area contributed by atoms with Crippen LogP contribution in [-0.2, 0) is 14.8 Å². The highest BCUT2D eigenvalue weighted by Crippen LogP contribution is 2.10. The average Bonchev–Trinajstić information content (AvgIpc) is 2.26. The van der Waals surface area contributed by atoms with Crippen molar-refractivity contribution >= 4 is 15.9 Å². The zero-order valence-electron chi connectivity index (χ0n) is 11.3. The molecule has 1 fully saturated rings. The fraction of sp³-hybridized carbons (Fsp3) is 0.909. The van der Waals surface area contributed by atoms with Gasteiger partial charge in [-0.15, -0.1) is 0 Å². The number of rotatable bonds is 4. The largest absolute Gasteiger partial charge is 0.339 e. The van der Waals surface area contributed by atoms with Crippen LogP contribution >= 0.6 is 0 Å². The summed E-state index contributed by atoms with van der Waals surface area (Å²) in [5, 5.41) is 0. The third-order valence-electron chi connectivity index (χ3n) is 3.06. The number of carbonyl (C=O) groups excluding carboxylic acids is 1. The zero-order chi connectivity index (χ0) is 13.9. The number of sulfonamides is 1. The van der Waals surface area contributed by atoms with Crippen LogP contribution in [0.5, 0.6) is 0 Å². The van der Waals surface area contributed by atoms with E-state index in [0.717, 1.165) is 0 Å². The fourth-order valence-electron chi connectivity index (χ4n) is 2.08. The van der Waals surface area contributed by atoms with E-state index in [1.807, 2.05) is 13.8 Å². The van der Waals surface area contributed by atoms with E-state index in [1.165, 1.54) is 10.6 Å². The van der Waals surface area contributed by atoms with Gasteiger partial charge in [-0.2, -0.15) is 4.31 Å². The lowest BCUT2D eigenvalue weighted by Gasteiger charge is -2.34. The first kappa shape index (κ1) is 15.4. The topological polar surface area (TPSA) is 83.7 Å². The number of nitrogens with zero attached hydrogens (tertiary/aromatic N) is 2. The Bertz CT molecular complexity index is 386. The Kier molecular flexibility index (Phi) is 5.12. The molecule has 0 spiro atoms. The van der Waals surface area contributed by atoms with Gasteiger partial charge in [0.2, 0.25) is 15.9 Å². The van der Waals surface area contributed by atoms with Gasteiger partial charge in [0.15, 0.2) is 0 Å². The predicted molar refractivity (Wildman–Crippen MR) is 70.4 cm³/mol. The second kappa shape index (κ2) is 5.99. The van der Waals surface area contributed by atoms with Crippen LogP contribution in [0.4, 0.5) is 0 Å². The van der Waals surface area contributed by atoms with E-state index >= 15 is 0 Å². The molecule has 18 heavy (non-hydrogen) atoms. The fourth-order valence-corrected chi connectivity index (χ4v) is 2.91. The van der Waals surface area contributed by atoms with Crippen molar-refractivity contribution in [1.82, 2.24) is 9.21 Å². The van der Waals surface area contributed by atoms with Gasteiger partial charge in [0, 0.05) is 26.2 Å². The van der Waals surface area contributed by atoms with E-state index in [2.05, 4.69) is 0 Å². The van der Waals surface area contributed by atoms with E-state index in [-0.39, 0.29) is 5.91 Å². The standard InChI is InChI=1S/C11H23N3O3S/c1-9(2)8-10(12)11(15)13-4-6-14(7-5-13)18(3,16)17/h9-10H,4-8,12H2,1-3H3. The van der Waals surface area contributed by atoms with Crippen molar-refractivity contribution < 1.29 is 13.2 Å². The summed E-state index contributed by atoms with van der Waals surface area (Å²) in [6, 6.07) is -0.477. The minimum atomic E-state index is -3.15. The number of carbonyl (C=O) groups is 1. The van der Waals surface area contributed by atoms with Crippen LogP contribution in [0, 0.1) is 5.92 Å². The molecule has 106 valence electrons. The van der Waals surface area contributed by atoms with Crippen molar-refractivity contribution in [3.05, 3.63) is 0 Å². The van der Waals surface area contributed by atoms with E-state index in [0.29, 0.717) is 38.5 Å². The van der Waals surface area contributed by atoms with Gasteiger partial charge in [-0.25, -0.2) is 8.42 Å². The van der Waals surface area contributed by atoms with E-state index < -0.39 is 16.1 Å². The van der Waals surface area contributed by atoms with Crippen LogP contribution in [0.3, 0.4) is 0 Å². The number of hydrogen-bond donors (Lipinski definition) is 1. The Morgan fingerprint density at radius 1 is 1.22 bits per heavy atom. The first-order valence-electron chi connectivity index (χ1n) is 6.21. The van der Waals surface area contributed by atoms with Crippen molar-refractivity contribution in [3.8, 4) is 0 Å². The summed E-state index contributed by atoms with van der Waals surface area (Å²) in [5.74, 6) is 0.304. The summed E-state index contributed by atoms with van der Waals surface area (Å²) in [6.07, 6.45) is 1.85. The molecule has 1 amide bonds. The molecule has 0 radical (unpaired) electrons. The molecule has 1 atom stereocenters. The average molecular weight is 277 g/mol. The summed E-state index contributed by atoms with van der Waals surface area (Å²) in [7, 11) is -3.15. The number of hydrogen-bond acceptors (Lipinski definition) is 4. The molecule has 0 saturated carbocycles. The zero-order valence-corrected chi connectivity index (χ0v) is 12.1. The Balaban J connectivity index is 2.50. The minimum absolute atomic E-state index is 0.0724. The van der Waals surface area contributed by atoms with Gasteiger partial charge >= 0.3 is 0 Å². The molecule has 0 aliphatic carbocycles. The molecular weight excluding hydrogens is 254 g/mol. The lowest BCUT2D eigenvalue weighted by Crippen LogP contribution is -2.54. The molecular formula is C11H23N3O3S. The molecule has 0 aromatic heterocycles. The highest BCUT2D eigenvalue weighted by Gasteiger charge is 2.28. The summed E-state index contributed by atoms with van der Waals surface area (Å²) >= 11 is 0. The van der Waals surface area contributed by atoms with Gasteiger partial charge in [0.25, 0.3) is 0 Å². The Hall–Kier alpha value is -0.660. The minimum Gasteiger partial charge on any atom is -0.339 e. The first-order chi connectivity index (χ1) is 8.21. The SMILES string of the molecule is CC(C)CC(N)C(=O)N1CCN(S(C)(=O)=O)CC1. The summed E-state index contributed by atoms with van der Waals surface area (Å²) in [4.78, 5) is 13.7. The Morgan fingerprint density at radius 2 is 1.72 bits per heavy atom. The van der Waals surface area contributed by atoms with Gasteiger partial charge in [-0.1, -0.05) is 13.8 Å². The second-order valence-electron chi connectivity index (χ2n) is 5.22. The first-order valence-corrected chi connectivity index (χ1v) is 8.06. The monoisotopic (exact) mass is 277 g/mol. The highest BCUT2D eigenvalue weighted by atomic mass is 32.2. The predicted octanol–water partition coefficient (Wildman–Crippen LogP) is -0.536. The third kappa shape index (κ3) is 4.22. The Morgan fingerprint density at radius 3 is 2.11 bits per heavy atom. The van der Waals surface area contributed by atoms with Crippen LogP contribution in [0.15, 0.2) is 0 Å². The van der Waals surface area contributed by atoms with Gasteiger partial charge < -0.3 is 10.6 Å².